The summed E-state index contributed by atoms with van der Waals surface area (Å²) in [5.74, 6) is -0.0826. The molecule has 1 rings (SSSR count). The summed E-state index contributed by atoms with van der Waals surface area (Å²) in [4.78, 5) is 12.7. The predicted molar refractivity (Wildman–Crippen MR) is 53.4 cm³/mol. The topological polar surface area (TPSA) is 49.8 Å². The predicted octanol–water partition coefficient (Wildman–Crippen LogP) is 1.00. The molecule has 0 heterocycles. The maximum absolute atomic E-state index is 10.9. The molecule has 0 aliphatic carbocycles. The summed E-state index contributed by atoms with van der Waals surface area (Å²) in [7, 11) is 3.14. The van der Waals surface area contributed by atoms with Crippen molar-refractivity contribution in [2.24, 2.45) is 0 Å². The molecule has 0 atom stereocenters. The van der Waals surface area contributed by atoms with Crippen LogP contribution in [0.4, 0.5) is 5.69 Å². The first-order valence-electron chi connectivity index (χ1n) is 4.20. The van der Waals surface area contributed by atoms with E-state index < -0.39 is 0 Å². The van der Waals surface area contributed by atoms with Crippen LogP contribution in [0.3, 0.4) is 0 Å². The molecule has 0 unspecified atom stereocenters. The minimum Gasteiger partial charge on any atom is -0.508 e. The molecule has 0 aromatic heterocycles. The summed E-state index contributed by atoms with van der Waals surface area (Å²) < 4.78 is 4.54. The van der Waals surface area contributed by atoms with Crippen molar-refractivity contribution < 1.29 is 14.6 Å². The number of phenolic OH excluding ortho intramolecular Hbond substituents is 1. The summed E-state index contributed by atoms with van der Waals surface area (Å²) in [6.07, 6.45) is 0. The molecule has 0 bridgehead atoms. The maximum Gasteiger partial charge on any atom is 0.325 e. The van der Waals surface area contributed by atoms with E-state index in [1.165, 1.54) is 7.11 Å². The number of esters is 1. The van der Waals surface area contributed by atoms with Crippen LogP contribution in [0.15, 0.2) is 24.3 Å². The van der Waals surface area contributed by atoms with E-state index in [2.05, 4.69) is 4.74 Å². The van der Waals surface area contributed by atoms with Crippen molar-refractivity contribution in [3.8, 4) is 5.75 Å². The van der Waals surface area contributed by atoms with Gasteiger partial charge in [-0.05, 0) is 24.3 Å². The molecule has 0 aliphatic heterocycles. The average Bonchev–Trinajstić information content (AvgIpc) is 2.18. The highest BCUT2D eigenvalue weighted by atomic mass is 16.5. The third-order valence-corrected chi connectivity index (χ3v) is 1.88. The third-order valence-electron chi connectivity index (χ3n) is 1.88. The van der Waals surface area contributed by atoms with Crippen LogP contribution < -0.4 is 4.90 Å². The minimum absolute atomic E-state index is 0.196. The average molecular weight is 195 g/mol. The van der Waals surface area contributed by atoms with Crippen LogP contribution in [-0.4, -0.2) is 31.8 Å². The number of hydrogen-bond acceptors (Lipinski definition) is 4. The number of hydrogen-bond donors (Lipinski definition) is 1. The minimum atomic E-state index is -0.291. The van der Waals surface area contributed by atoms with Gasteiger partial charge in [-0.15, -0.1) is 0 Å². The van der Waals surface area contributed by atoms with Gasteiger partial charge in [0, 0.05) is 12.7 Å². The largest absolute Gasteiger partial charge is 0.508 e. The normalized spacial score (nSPS) is 9.57. The summed E-state index contributed by atoms with van der Waals surface area (Å²) in [6.45, 7) is 0.196. The number of rotatable bonds is 3. The van der Waals surface area contributed by atoms with E-state index in [1.807, 2.05) is 0 Å². The van der Waals surface area contributed by atoms with Gasteiger partial charge in [0.2, 0.25) is 0 Å². The van der Waals surface area contributed by atoms with E-state index in [1.54, 1.807) is 36.2 Å². The Morgan fingerprint density at radius 1 is 1.43 bits per heavy atom. The van der Waals surface area contributed by atoms with Crippen LogP contribution in [0.2, 0.25) is 0 Å². The van der Waals surface area contributed by atoms with Crippen molar-refractivity contribution in [1.29, 1.82) is 0 Å². The Hall–Kier alpha value is -1.71. The molecule has 0 amide bonds. The summed E-state index contributed by atoms with van der Waals surface area (Å²) in [5, 5.41) is 9.06. The zero-order valence-electron chi connectivity index (χ0n) is 8.23. The number of carbonyl (C=O) groups is 1. The Labute approximate surface area is 82.7 Å². The van der Waals surface area contributed by atoms with Gasteiger partial charge in [0.1, 0.15) is 12.3 Å². The van der Waals surface area contributed by atoms with Gasteiger partial charge < -0.3 is 14.7 Å². The molecule has 4 heteroatoms. The Balaban J connectivity index is 2.65. The highest BCUT2D eigenvalue weighted by molar-refractivity contribution is 5.75. The second-order valence-electron chi connectivity index (χ2n) is 2.95. The number of benzene rings is 1. The number of phenols is 1. The van der Waals surface area contributed by atoms with Crippen LogP contribution in [-0.2, 0) is 9.53 Å². The Morgan fingerprint density at radius 2 is 2.00 bits per heavy atom. The van der Waals surface area contributed by atoms with Crippen LogP contribution >= 0.6 is 0 Å². The Kier molecular flexibility index (Phi) is 3.34. The van der Waals surface area contributed by atoms with E-state index in [-0.39, 0.29) is 18.3 Å². The van der Waals surface area contributed by atoms with Gasteiger partial charge in [-0.25, -0.2) is 0 Å². The van der Waals surface area contributed by atoms with Gasteiger partial charge in [-0.3, -0.25) is 4.79 Å². The molecule has 0 aliphatic rings. The zero-order valence-corrected chi connectivity index (χ0v) is 8.23. The van der Waals surface area contributed by atoms with Crippen LogP contribution in [0, 0.1) is 0 Å². The fourth-order valence-corrected chi connectivity index (χ4v) is 1.06. The lowest BCUT2D eigenvalue weighted by molar-refractivity contribution is -0.138. The van der Waals surface area contributed by atoms with Gasteiger partial charge in [-0.2, -0.15) is 0 Å². The quantitative estimate of drug-likeness (QED) is 0.731. The molecule has 1 aromatic rings. The lowest BCUT2D eigenvalue weighted by atomic mass is 10.3. The molecule has 0 saturated carbocycles. The molecule has 0 spiro atoms. The third kappa shape index (κ3) is 2.65. The molecule has 1 aromatic carbocycles. The Morgan fingerprint density at radius 3 is 2.50 bits per heavy atom. The molecular weight excluding hydrogens is 182 g/mol. The smallest absolute Gasteiger partial charge is 0.325 e. The standard InChI is InChI=1S/C10H13NO3/c1-11(7-10(13)14-2)8-3-5-9(12)6-4-8/h3-6,12H,7H2,1-2H3. The first-order chi connectivity index (χ1) is 6.63. The fourth-order valence-electron chi connectivity index (χ4n) is 1.06. The molecule has 0 saturated heterocycles. The summed E-state index contributed by atoms with van der Waals surface area (Å²) in [6, 6.07) is 6.61. The van der Waals surface area contributed by atoms with Crippen molar-refractivity contribution in [2.75, 3.05) is 25.6 Å². The van der Waals surface area contributed by atoms with E-state index in [4.69, 9.17) is 5.11 Å². The summed E-state index contributed by atoms with van der Waals surface area (Å²) in [5.41, 5.74) is 0.855. The Bertz CT molecular complexity index is 308. The number of anilines is 1. The van der Waals surface area contributed by atoms with Crippen molar-refractivity contribution in [2.45, 2.75) is 0 Å². The molecule has 76 valence electrons. The first-order valence-corrected chi connectivity index (χ1v) is 4.20. The molecule has 1 N–H and O–H groups in total. The van der Waals surface area contributed by atoms with Gasteiger partial charge in [0.05, 0.1) is 7.11 Å². The lowest BCUT2D eigenvalue weighted by Crippen LogP contribution is -2.26. The van der Waals surface area contributed by atoms with Crippen LogP contribution in [0.1, 0.15) is 0 Å². The molecule has 4 nitrogen and oxygen atoms in total. The van der Waals surface area contributed by atoms with Gasteiger partial charge in [0.15, 0.2) is 0 Å². The molecule has 14 heavy (non-hydrogen) atoms. The highest BCUT2D eigenvalue weighted by Crippen LogP contribution is 2.16. The number of carbonyl (C=O) groups excluding carboxylic acids is 1. The second-order valence-corrected chi connectivity index (χ2v) is 2.95. The SMILES string of the molecule is COC(=O)CN(C)c1ccc(O)cc1. The molecular formula is C10H13NO3. The van der Waals surface area contributed by atoms with E-state index in [0.29, 0.717) is 0 Å². The van der Waals surface area contributed by atoms with Gasteiger partial charge in [0.25, 0.3) is 0 Å². The van der Waals surface area contributed by atoms with Gasteiger partial charge in [-0.1, -0.05) is 0 Å². The number of ether oxygens (including phenoxy) is 1. The lowest BCUT2D eigenvalue weighted by Gasteiger charge is -2.17. The van der Waals surface area contributed by atoms with E-state index in [0.717, 1.165) is 5.69 Å². The van der Waals surface area contributed by atoms with Crippen LogP contribution in [0.25, 0.3) is 0 Å². The molecule has 0 radical (unpaired) electrons. The summed E-state index contributed by atoms with van der Waals surface area (Å²) >= 11 is 0. The first kappa shape index (κ1) is 10.4. The van der Waals surface area contributed by atoms with Crippen molar-refractivity contribution in [1.82, 2.24) is 0 Å². The monoisotopic (exact) mass is 195 g/mol. The number of methoxy groups -OCH3 is 1. The maximum atomic E-state index is 10.9. The number of nitrogens with zero attached hydrogens (tertiary/aromatic N) is 1. The van der Waals surface area contributed by atoms with Crippen molar-refractivity contribution >= 4 is 11.7 Å². The zero-order chi connectivity index (χ0) is 10.6. The van der Waals surface area contributed by atoms with Crippen molar-refractivity contribution in [3.05, 3.63) is 24.3 Å². The highest BCUT2D eigenvalue weighted by Gasteiger charge is 2.06. The van der Waals surface area contributed by atoms with E-state index >= 15 is 0 Å². The molecule has 0 fully saturated rings. The van der Waals surface area contributed by atoms with Crippen LogP contribution in [0.5, 0.6) is 5.75 Å². The van der Waals surface area contributed by atoms with E-state index in [9.17, 15) is 4.79 Å². The van der Waals surface area contributed by atoms with Gasteiger partial charge >= 0.3 is 5.97 Å². The van der Waals surface area contributed by atoms with Crippen molar-refractivity contribution in [3.63, 3.8) is 0 Å². The second kappa shape index (κ2) is 4.50. The number of likely N-dealkylation sites (N-methyl/N-ethyl adjacent to an activating group) is 1. The fraction of sp³-hybridized carbons (Fsp3) is 0.300. The number of aromatic hydroxyl groups is 1.